The number of piperazine rings is 1. The molecule has 0 radical (unpaired) electrons. The summed E-state index contributed by atoms with van der Waals surface area (Å²) in [5.41, 5.74) is -0.301. The summed E-state index contributed by atoms with van der Waals surface area (Å²) in [5, 5.41) is 5.57. The van der Waals surface area contributed by atoms with Crippen LogP contribution in [-0.4, -0.2) is 103 Å². The molecule has 13 nitrogen and oxygen atoms in total. The highest BCUT2D eigenvalue weighted by atomic mass is 16.7. The molecule has 1 aromatic carbocycles. The van der Waals surface area contributed by atoms with Crippen LogP contribution in [0.5, 0.6) is 5.75 Å². The number of nitrogens with zero attached hydrogens (tertiary/aromatic N) is 2. The van der Waals surface area contributed by atoms with Gasteiger partial charge >= 0.3 is 30.9 Å². The van der Waals surface area contributed by atoms with Crippen LogP contribution in [0.1, 0.15) is 84.2 Å². The van der Waals surface area contributed by atoms with Gasteiger partial charge in [-0.05, 0) is 89.7 Å². The normalized spacial score (nSPS) is 27.4. The number of para-hydroxylation sites is 1. The zero-order valence-electron chi connectivity index (χ0n) is 29.5. The molecule has 2 N–H and O–H groups in total. The summed E-state index contributed by atoms with van der Waals surface area (Å²) >= 11 is 0. The van der Waals surface area contributed by atoms with Gasteiger partial charge in [0.1, 0.15) is 23.0 Å². The van der Waals surface area contributed by atoms with Gasteiger partial charge in [-0.15, -0.1) is 0 Å². The van der Waals surface area contributed by atoms with Crippen molar-refractivity contribution < 1.29 is 42.8 Å². The molecule has 2 heterocycles. The minimum atomic E-state index is -1.08. The van der Waals surface area contributed by atoms with Crippen LogP contribution < -0.4 is 15.4 Å². The molecule has 262 valence electrons. The minimum absolute atomic E-state index is 0.0250. The molecule has 1 aromatic rings. The first-order valence-electron chi connectivity index (χ1n) is 16.8. The van der Waals surface area contributed by atoms with E-state index in [-0.39, 0.29) is 42.5 Å². The van der Waals surface area contributed by atoms with Crippen LogP contribution in [0, 0.1) is 17.3 Å². The van der Waals surface area contributed by atoms with Crippen molar-refractivity contribution in [3.8, 4) is 5.75 Å². The van der Waals surface area contributed by atoms with Gasteiger partial charge in [0.15, 0.2) is 0 Å². The maximum absolute atomic E-state index is 13.7. The number of rotatable bonds is 9. The maximum Gasteiger partial charge on any atom is 0.482 e. The first kappa shape index (κ1) is 35.7. The number of carbonyl (C=O) groups is 5. The number of ether oxygens (including phenoxy) is 2. The molecule has 5 aliphatic rings. The van der Waals surface area contributed by atoms with Crippen LogP contribution in [0.25, 0.3) is 0 Å². The Labute approximate surface area is 282 Å². The highest BCUT2D eigenvalue weighted by Gasteiger charge is 2.68. The molecule has 0 spiro atoms. The number of hydrogen-bond acceptors (Lipinski definition) is 9. The lowest BCUT2D eigenvalue weighted by Crippen LogP contribution is -2.65. The molecule has 3 unspecified atom stereocenters. The molecule has 6 atom stereocenters. The number of likely N-dealkylation sites (N-methyl/N-ethyl adjacent to an activating group) is 1. The van der Waals surface area contributed by atoms with Gasteiger partial charge in [0.2, 0.25) is 5.91 Å². The number of hydrogen-bond donors (Lipinski definition) is 2. The van der Waals surface area contributed by atoms with E-state index in [9.17, 15) is 24.0 Å². The zero-order valence-corrected chi connectivity index (χ0v) is 29.5. The number of imide groups is 1. The van der Waals surface area contributed by atoms with Gasteiger partial charge < -0.3 is 34.3 Å². The Morgan fingerprint density at radius 2 is 1.79 bits per heavy atom. The maximum atomic E-state index is 13.7. The van der Waals surface area contributed by atoms with E-state index in [2.05, 4.69) is 31.4 Å². The second kappa shape index (κ2) is 13.0. The second-order valence-corrected chi connectivity index (χ2v) is 15.2. The molecule has 14 heteroatoms. The standard InChI is InChI=1S/C34H49BN4O9/c1-10-38-14-15-39(29(42)28(38)41)31(44)36-19(2)27(40)37-25(35-47-24-18-21-17-23(33(21,6)7)34(24,8)48-35)16-20-12-11-13-22(26(20)45-9)30(43)46-32(3,4)5/h11-13,19,21,23-25H,10,14-18H2,1-9H3,(H,36,44)(H,37,40)/t19?,21-,23-,24?,25?,34-/m0/s1. The molecule has 2 bridgehead atoms. The van der Waals surface area contributed by atoms with Crippen molar-refractivity contribution in [2.24, 2.45) is 17.3 Å². The minimum Gasteiger partial charge on any atom is -0.496 e. The zero-order chi connectivity index (χ0) is 35.3. The molecule has 6 rings (SSSR count). The Balaban J connectivity index is 1.37. The van der Waals surface area contributed by atoms with Crippen LogP contribution in [0.3, 0.4) is 0 Å². The summed E-state index contributed by atoms with van der Waals surface area (Å²) < 4.78 is 24.7. The van der Waals surface area contributed by atoms with E-state index in [0.29, 0.717) is 23.8 Å². The number of urea groups is 1. The van der Waals surface area contributed by atoms with Gasteiger partial charge in [0.25, 0.3) is 0 Å². The van der Waals surface area contributed by atoms with Gasteiger partial charge in [-0.3, -0.25) is 19.3 Å². The third kappa shape index (κ3) is 6.53. The molecular weight excluding hydrogens is 619 g/mol. The van der Waals surface area contributed by atoms with Crippen molar-refractivity contribution in [3.05, 3.63) is 29.3 Å². The van der Waals surface area contributed by atoms with Crippen molar-refractivity contribution in [3.63, 3.8) is 0 Å². The Morgan fingerprint density at radius 3 is 2.42 bits per heavy atom. The summed E-state index contributed by atoms with van der Waals surface area (Å²) in [6, 6.07) is 3.25. The van der Waals surface area contributed by atoms with E-state index >= 15 is 0 Å². The molecule has 3 aliphatic carbocycles. The van der Waals surface area contributed by atoms with E-state index in [1.54, 1.807) is 45.9 Å². The predicted octanol–water partition coefficient (Wildman–Crippen LogP) is 2.73. The van der Waals surface area contributed by atoms with Crippen LogP contribution >= 0.6 is 0 Å². The third-order valence-electron chi connectivity index (χ3n) is 10.7. The Kier molecular flexibility index (Phi) is 9.66. The fraction of sp³-hybridized carbons (Fsp3) is 0.676. The fourth-order valence-corrected chi connectivity index (χ4v) is 7.81. The van der Waals surface area contributed by atoms with E-state index in [0.717, 1.165) is 17.7 Å². The van der Waals surface area contributed by atoms with Crippen molar-refractivity contribution in [2.45, 2.75) is 104 Å². The van der Waals surface area contributed by atoms with Crippen LogP contribution in [0.4, 0.5) is 4.79 Å². The first-order valence-corrected chi connectivity index (χ1v) is 16.8. The predicted molar refractivity (Wildman–Crippen MR) is 176 cm³/mol. The average molecular weight is 669 g/mol. The van der Waals surface area contributed by atoms with E-state index in [4.69, 9.17) is 18.8 Å². The SMILES string of the molecule is CCN1CCN(C(=O)NC(C)C(=O)NC(Cc2cccc(C(=O)OC(C)(C)C)c2OC)B2OC3C[C@@H]4C[C@@H](C4(C)C)[C@]3(C)O2)C(=O)C1=O. The van der Waals surface area contributed by atoms with Crippen molar-refractivity contribution in [2.75, 3.05) is 26.7 Å². The molecule has 2 saturated heterocycles. The van der Waals surface area contributed by atoms with Gasteiger partial charge in [-0.2, -0.15) is 0 Å². The highest BCUT2D eigenvalue weighted by molar-refractivity contribution is 6.48. The average Bonchev–Trinajstić information content (AvgIpc) is 3.38. The molecule has 2 aliphatic heterocycles. The van der Waals surface area contributed by atoms with E-state index < -0.39 is 60.0 Å². The molecule has 48 heavy (non-hydrogen) atoms. The van der Waals surface area contributed by atoms with Gasteiger partial charge in [0, 0.05) is 19.6 Å². The Hall–Kier alpha value is -3.65. The third-order valence-corrected chi connectivity index (χ3v) is 10.7. The van der Waals surface area contributed by atoms with E-state index in [1.807, 2.05) is 0 Å². The number of esters is 1. The number of benzene rings is 1. The summed E-state index contributed by atoms with van der Waals surface area (Å²) in [5.74, 6) is -2.42. The molecular formula is C34H49BN4O9. The molecule has 0 aromatic heterocycles. The number of carbonyl (C=O) groups excluding carboxylic acids is 5. The fourth-order valence-electron chi connectivity index (χ4n) is 7.81. The number of nitrogens with one attached hydrogen (secondary N) is 2. The molecule has 3 saturated carbocycles. The summed E-state index contributed by atoms with van der Waals surface area (Å²) in [6.45, 7) is 15.8. The van der Waals surface area contributed by atoms with Gasteiger partial charge in [-0.1, -0.05) is 26.0 Å². The number of amides is 5. The summed E-state index contributed by atoms with van der Waals surface area (Å²) in [4.78, 5) is 67.0. The van der Waals surface area contributed by atoms with Crippen molar-refractivity contribution in [1.29, 1.82) is 0 Å². The van der Waals surface area contributed by atoms with Gasteiger partial charge in [0.05, 0.1) is 24.8 Å². The van der Waals surface area contributed by atoms with Crippen LogP contribution in [0.2, 0.25) is 0 Å². The second-order valence-electron chi connectivity index (χ2n) is 15.2. The molecule has 5 amide bonds. The Bertz CT molecular complexity index is 1480. The first-order chi connectivity index (χ1) is 22.4. The van der Waals surface area contributed by atoms with Crippen LogP contribution in [-0.2, 0) is 34.9 Å². The monoisotopic (exact) mass is 668 g/mol. The quantitative estimate of drug-likeness (QED) is 0.230. The lowest BCUT2D eigenvalue weighted by Gasteiger charge is -2.64. The topological polar surface area (TPSA) is 153 Å². The smallest absolute Gasteiger partial charge is 0.482 e. The summed E-state index contributed by atoms with van der Waals surface area (Å²) in [6.07, 6.45) is 1.91. The van der Waals surface area contributed by atoms with Crippen molar-refractivity contribution >= 4 is 36.8 Å². The largest absolute Gasteiger partial charge is 0.496 e. The van der Waals surface area contributed by atoms with Crippen LogP contribution in [0.15, 0.2) is 18.2 Å². The Morgan fingerprint density at radius 1 is 1.08 bits per heavy atom. The highest BCUT2D eigenvalue weighted by Crippen LogP contribution is 2.65. The van der Waals surface area contributed by atoms with Gasteiger partial charge in [-0.25, -0.2) is 9.59 Å². The lowest BCUT2D eigenvalue weighted by atomic mass is 9.43. The van der Waals surface area contributed by atoms with Crippen molar-refractivity contribution in [1.82, 2.24) is 20.4 Å². The lowest BCUT2D eigenvalue weighted by molar-refractivity contribution is -0.199. The number of methoxy groups -OCH3 is 1. The van der Waals surface area contributed by atoms with E-state index in [1.165, 1.54) is 18.9 Å². The summed E-state index contributed by atoms with van der Waals surface area (Å²) in [7, 11) is 0.635. The molecule has 5 fully saturated rings.